The zero-order valence-electron chi connectivity index (χ0n) is 10.8. The predicted molar refractivity (Wildman–Crippen MR) is 72.9 cm³/mol. The highest BCUT2D eigenvalue weighted by Crippen LogP contribution is 2.20. The molecule has 0 atom stereocenters. The molecule has 4 nitrogen and oxygen atoms in total. The van der Waals surface area contributed by atoms with Crippen molar-refractivity contribution in [1.29, 1.82) is 0 Å². The second-order valence-corrected chi connectivity index (χ2v) is 4.29. The van der Waals surface area contributed by atoms with Gasteiger partial charge in [-0.05, 0) is 18.2 Å². The summed E-state index contributed by atoms with van der Waals surface area (Å²) in [7, 11) is 0. The fraction of sp³-hybridized carbons (Fsp3) is 0.308. The molecule has 0 bridgehead atoms. The summed E-state index contributed by atoms with van der Waals surface area (Å²) in [5.74, 6) is 4.58. The predicted octanol–water partition coefficient (Wildman–Crippen LogP) is 2.17. The summed E-state index contributed by atoms with van der Waals surface area (Å²) in [6, 6.07) is 4.52. The molecule has 1 rings (SSSR count). The molecule has 1 aromatic carbocycles. The van der Waals surface area contributed by atoms with Crippen molar-refractivity contribution in [3.8, 4) is 11.8 Å². The van der Waals surface area contributed by atoms with E-state index in [1.165, 1.54) is 18.2 Å². The van der Waals surface area contributed by atoms with Crippen LogP contribution in [0, 0.1) is 11.8 Å². The van der Waals surface area contributed by atoms with Gasteiger partial charge in [0.2, 0.25) is 5.91 Å². The fourth-order valence-electron chi connectivity index (χ4n) is 1.32. The number of nitrogens with one attached hydrogen (secondary N) is 1. The zero-order chi connectivity index (χ0) is 15.9. The number of ether oxygens (including phenoxy) is 1. The molecule has 0 aliphatic carbocycles. The molecule has 0 spiro atoms. The van der Waals surface area contributed by atoms with Gasteiger partial charge >= 0.3 is 6.18 Å². The second-order valence-electron chi connectivity index (χ2n) is 3.85. The Kier molecular flexibility index (Phi) is 6.49. The first-order chi connectivity index (χ1) is 9.81. The number of nitrogens with two attached hydrogens (primary N) is 1. The van der Waals surface area contributed by atoms with Crippen LogP contribution in [0.15, 0.2) is 18.2 Å². The molecule has 21 heavy (non-hydrogen) atoms. The summed E-state index contributed by atoms with van der Waals surface area (Å²) < 4.78 is 39.9. The van der Waals surface area contributed by atoms with Gasteiger partial charge in [-0.1, -0.05) is 23.4 Å². The fourth-order valence-corrected chi connectivity index (χ4v) is 1.49. The van der Waals surface area contributed by atoms with Crippen molar-refractivity contribution in [3.63, 3.8) is 0 Å². The minimum Gasteiger partial charge on any atom is -0.362 e. The molecule has 3 N–H and O–H groups in total. The number of benzene rings is 1. The third-order valence-electron chi connectivity index (χ3n) is 2.08. The first-order valence-electron chi connectivity index (χ1n) is 5.74. The number of halogens is 4. The van der Waals surface area contributed by atoms with Crippen LogP contribution in [0.4, 0.5) is 18.9 Å². The quantitative estimate of drug-likeness (QED) is 0.836. The molecular weight excluding hydrogens is 309 g/mol. The molecule has 0 radical (unpaired) electrons. The van der Waals surface area contributed by atoms with Gasteiger partial charge in [-0.2, -0.15) is 13.2 Å². The highest BCUT2D eigenvalue weighted by atomic mass is 35.5. The lowest BCUT2D eigenvalue weighted by atomic mass is 10.2. The number of carbonyl (C=O) groups excluding carboxylic acids is 1. The number of rotatable bonds is 4. The molecule has 1 aromatic rings. The first-order valence-corrected chi connectivity index (χ1v) is 6.12. The lowest BCUT2D eigenvalue weighted by molar-refractivity contribution is -0.174. The number of hydrogen-bond donors (Lipinski definition) is 2. The summed E-state index contributed by atoms with van der Waals surface area (Å²) >= 11 is 5.80. The number of hydrogen-bond acceptors (Lipinski definition) is 3. The average Bonchev–Trinajstić information content (AvgIpc) is 2.37. The van der Waals surface area contributed by atoms with Crippen molar-refractivity contribution in [2.45, 2.75) is 6.18 Å². The van der Waals surface area contributed by atoms with E-state index < -0.39 is 25.3 Å². The number of alkyl halides is 3. The van der Waals surface area contributed by atoms with E-state index in [9.17, 15) is 18.0 Å². The van der Waals surface area contributed by atoms with E-state index in [1.807, 2.05) is 0 Å². The molecule has 1 amide bonds. The molecule has 0 heterocycles. The summed E-state index contributed by atoms with van der Waals surface area (Å²) in [6.07, 6.45) is -4.47. The van der Waals surface area contributed by atoms with Crippen LogP contribution in [0.25, 0.3) is 0 Å². The van der Waals surface area contributed by atoms with E-state index in [0.29, 0.717) is 16.3 Å². The Hall–Kier alpha value is -1.75. The Balaban J connectivity index is 2.67. The highest BCUT2D eigenvalue weighted by Gasteiger charge is 2.27. The monoisotopic (exact) mass is 320 g/mol. The molecular formula is C13H12ClF3N2O2. The van der Waals surface area contributed by atoms with Crippen LogP contribution in [-0.2, 0) is 9.53 Å². The largest absolute Gasteiger partial charge is 0.411 e. The van der Waals surface area contributed by atoms with Crippen LogP contribution in [0.3, 0.4) is 0 Å². The SMILES string of the molecule is NCC#Cc1cc(Cl)ccc1NC(=O)COCC(F)(F)F. The van der Waals surface area contributed by atoms with Gasteiger partial charge in [0.1, 0.15) is 13.2 Å². The van der Waals surface area contributed by atoms with Gasteiger partial charge in [0.05, 0.1) is 12.2 Å². The van der Waals surface area contributed by atoms with E-state index in [-0.39, 0.29) is 6.54 Å². The van der Waals surface area contributed by atoms with Crippen LogP contribution < -0.4 is 11.1 Å². The Morgan fingerprint density at radius 3 is 2.76 bits per heavy atom. The van der Waals surface area contributed by atoms with Crippen molar-refractivity contribution in [2.75, 3.05) is 25.1 Å². The standard InChI is InChI=1S/C13H12ClF3N2O2/c14-10-3-4-11(9(6-10)2-1-5-18)19-12(20)7-21-8-13(15,16)17/h3-4,6H,5,7-8,18H2,(H,19,20). The average molecular weight is 321 g/mol. The van der Waals surface area contributed by atoms with Gasteiger partial charge < -0.3 is 15.8 Å². The Labute approximate surface area is 124 Å². The Morgan fingerprint density at radius 1 is 1.43 bits per heavy atom. The van der Waals surface area contributed by atoms with Gasteiger partial charge in [-0.3, -0.25) is 4.79 Å². The van der Waals surface area contributed by atoms with Crippen molar-refractivity contribution in [2.24, 2.45) is 5.73 Å². The Morgan fingerprint density at radius 2 is 2.14 bits per heavy atom. The van der Waals surface area contributed by atoms with E-state index in [2.05, 4.69) is 21.9 Å². The lowest BCUT2D eigenvalue weighted by Gasteiger charge is -2.10. The van der Waals surface area contributed by atoms with E-state index in [1.54, 1.807) is 0 Å². The van der Waals surface area contributed by atoms with Crippen molar-refractivity contribution >= 4 is 23.2 Å². The summed E-state index contributed by atoms with van der Waals surface area (Å²) in [6.45, 7) is -2.08. The first kappa shape index (κ1) is 17.3. The molecule has 0 saturated heterocycles. The highest BCUT2D eigenvalue weighted by molar-refractivity contribution is 6.30. The van der Waals surface area contributed by atoms with Crippen molar-refractivity contribution in [3.05, 3.63) is 28.8 Å². The maximum absolute atomic E-state index is 11.9. The molecule has 0 fully saturated rings. The molecule has 0 aliphatic heterocycles. The van der Waals surface area contributed by atoms with Gasteiger partial charge in [-0.15, -0.1) is 0 Å². The van der Waals surface area contributed by atoms with Crippen molar-refractivity contribution in [1.82, 2.24) is 0 Å². The third-order valence-corrected chi connectivity index (χ3v) is 2.31. The Bertz CT molecular complexity index is 565. The normalized spacial score (nSPS) is 10.7. The van der Waals surface area contributed by atoms with E-state index >= 15 is 0 Å². The van der Waals surface area contributed by atoms with Crippen LogP contribution in [0.2, 0.25) is 5.02 Å². The summed E-state index contributed by atoms with van der Waals surface area (Å²) in [4.78, 5) is 11.5. The molecule has 114 valence electrons. The summed E-state index contributed by atoms with van der Waals surface area (Å²) in [5.41, 5.74) is 5.99. The van der Waals surface area contributed by atoms with Gasteiger partial charge in [-0.25, -0.2) is 0 Å². The molecule has 0 saturated carbocycles. The molecule has 0 aromatic heterocycles. The smallest absolute Gasteiger partial charge is 0.362 e. The number of amides is 1. The van der Waals surface area contributed by atoms with Crippen molar-refractivity contribution < 1.29 is 22.7 Å². The summed E-state index contributed by atoms with van der Waals surface area (Å²) in [5, 5.41) is 2.80. The van der Waals surface area contributed by atoms with E-state index in [4.69, 9.17) is 17.3 Å². The minimum absolute atomic E-state index is 0.120. The van der Waals surface area contributed by atoms with Crippen LogP contribution >= 0.6 is 11.6 Å². The van der Waals surface area contributed by atoms with Crippen LogP contribution in [0.1, 0.15) is 5.56 Å². The van der Waals surface area contributed by atoms with Gasteiger partial charge in [0.15, 0.2) is 0 Å². The maximum atomic E-state index is 11.9. The topological polar surface area (TPSA) is 64.3 Å². The van der Waals surface area contributed by atoms with Gasteiger partial charge in [0.25, 0.3) is 0 Å². The van der Waals surface area contributed by atoms with Crippen LogP contribution in [-0.4, -0.2) is 31.8 Å². The second kappa shape index (κ2) is 7.88. The number of anilines is 1. The molecule has 0 aliphatic rings. The van der Waals surface area contributed by atoms with Gasteiger partial charge in [0, 0.05) is 10.6 Å². The zero-order valence-corrected chi connectivity index (χ0v) is 11.5. The third kappa shape index (κ3) is 6.99. The lowest BCUT2D eigenvalue weighted by Crippen LogP contribution is -2.24. The van der Waals surface area contributed by atoms with Crippen LogP contribution in [0.5, 0.6) is 0 Å². The minimum atomic E-state index is -4.47. The number of carbonyl (C=O) groups is 1. The van der Waals surface area contributed by atoms with E-state index in [0.717, 1.165) is 0 Å². The maximum Gasteiger partial charge on any atom is 0.411 e. The molecule has 0 unspecified atom stereocenters. The molecule has 8 heteroatoms.